The second-order valence-corrected chi connectivity index (χ2v) is 3.54. The van der Waals surface area contributed by atoms with Gasteiger partial charge in [-0.3, -0.25) is 0 Å². The van der Waals surface area contributed by atoms with Crippen LogP contribution in [0.2, 0.25) is 0 Å². The van der Waals surface area contributed by atoms with E-state index in [9.17, 15) is 0 Å². The molecule has 0 aromatic rings. The minimum atomic E-state index is 0.882. The molecule has 0 aromatic carbocycles. The van der Waals surface area contributed by atoms with Gasteiger partial charge in [-0.2, -0.15) is 0 Å². The molecule has 65 valence electrons. The zero-order chi connectivity index (χ0) is 7.94. The largest absolute Gasteiger partial charge is 0.317 e. The third-order valence-electron chi connectivity index (χ3n) is 2.63. The van der Waals surface area contributed by atoms with Crippen LogP contribution in [0.1, 0.15) is 38.5 Å². The lowest BCUT2D eigenvalue weighted by atomic mass is 9.87. The van der Waals surface area contributed by atoms with Gasteiger partial charge in [-0.15, -0.1) is 0 Å². The summed E-state index contributed by atoms with van der Waals surface area (Å²) in [6.45, 7) is 5.81. The molecule has 1 saturated carbocycles. The fraction of sp³-hybridized carbons (Fsp3) is 0.900. The van der Waals surface area contributed by atoms with Crippen LogP contribution < -0.4 is 5.32 Å². The first-order valence-corrected chi connectivity index (χ1v) is 4.93. The van der Waals surface area contributed by atoms with Gasteiger partial charge in [-0.05, 0) is 32.4 Å². The summed E-state index contributed by atoms with van der Waals surface area (Å²) in [6.07, 6.45) is 8.72. The molecule has 1 N–H and O–H groups in total. The monoisotopic (exact) mass is 154 g/mol. The third kappa shape index (κ3) is 3.76. The molecule has 0 aliphatic heterocycles. The highest BCUT2D eigenvalue weighted by Gasteiger charge is 2.11. The lowest BCUT2D eigenvalue weighted by Gasteiger charge is -2.21. The Kier molecular flexibility index (Phi) is 4.60. The van der Waals surface area contributed by atoms with E-state index in [0.717, 1.165) is 12.5 Å². The highest BCUT2D eigenvalue weighted by molar-refractivity contribution is 4.66. The maximum atomic E-state index is 3.76. The number of hydrogen-bond acceptors (Lipinski definition) is 1. The van der Waals surface area contributed by atoms with Crippen molar-refractivity contribution in [3.8, 4) is 0 Å². The molecular weight excluding hydrogens is 134 g/mol. The maximum Gasteiger partial charge on any atom is -0.00463 e. The van der Waals surface area contributed by atoms with Crippen molar-refractivity contribution >= 4 is 0 Å². The van der Waals surface area contributed by atoms with Gasteiger partial charge in [0.15, 0.2) is 0 Å². The summed E-state index contributed by atoms with van der Waals surface area (Å²) in [4.78, 5) is 0. The van der Waals surface area contributed by atoms with Crippen molar-refractivity contribution in [3.63, 3.8) is 0 Å². The minimum absolute atomic E-state index is 0.882. The van der Waals surface area contributed by atoms with Gasteiger partial charge in [0, 0.05) is 0 Å². The van der Waals surface area contributed by atoms with Gasteiger partial charge in [-0.25, -0.2) is 0 Å². The van der Waals surface area contributed by atoms with Crippen LogP contribution in [0.15, 0.2) is 0 Å². The van der Waals surface area contributed by atoms with Crippen LogP contribution in [0.3, 0.4) is 0 Å². The summed E-state index contributed by atoms with van der Waals surface area (Å²) < 4.78 is 0. The molecule has 0 amide bonds. The number of rotatable bonds is 4. The normalized spacial score (nSPS) is 20.5. The van der Waals surface area contributed by atoms with Crippen molar-refractivity contribution in [3.05, 3.63) is 6.92 Å². The molecule has 0 spiro atoms. The van der Waals surface area contributed by atoms with E-state index in [2.05, 4.69) is 12.2 Å². The summed E-state index contributed by atoms with van der Waals surface area (Å²) in [5, 5.41) is 3.28. The van der Waals surface area contributed by atoms with E-state index in [4.69, 9.17) is 0 Å². The molecule has 0 unspecified atom stereocenters. The zero-order valence-electron chi connectivity index (χ0n) is 7.44. The minimum Gasteiger partial charge on any atom is -0.317 e. The quantitative estimate of drug-likeness (QED) is 0.613. The molecule has 1 rings (SSSR count). The van der Waals surface area contributed by atoms with Crippen molar-refractivity contribution in [2.24, 2.45) is 5.92 Å². The highest BCUT2D eigenvalue weighted by atomic mass is 14.8. The number of hydrogen-bond donors (Lipinski definition) is 1. The van der Waals surface area contributed by atoms with Crippen molar-refractivity contribution in [2.75, 3.05) is 13.1 Å². The van der Waals surface area contributed by atoms with Crippen molar-refractivity contribution in [2.45, 2.75) is 38.5 Å². The SMILES string of the molecule is [CH2]CNCCC1CCCCC1. The van der Waals surface area contributed by atoms with Crippen LogP contribution in [-0.2, 0) is 0 Å². The maximum absolute atomic E-state index is 3.76. The molecule has 1 aliphatic rings. The second-order valence-electron chi connectivity index (χ2n) is 3.54. The van der Waals surface area contributed by atoms with E-state index in [1.54, 1.807) is 0 Å². The van der Waals surface area contributed by atoms with Crippen molar-refractivity contribution in [1.29, 1.82) is 0 Å². The van der Waals surface area contributed by atoms with Gasteiger partial charge in [0.1, 0.15) is 0 Å². The van der Waals surface area contributed by atoms with Crippen LogP contribution in [-0.4, -0.2) is 13.1 Å². The van der Waals surface area contributed by atoms with Gasteiger partial charge in [0.2, 0.25) is 0 Å². The Balaban J connectivity index is 1.96. The van der Waals surface area contributed by atoms with E-state index < -0.39 is 0 Å². The van der Waals surface area contributed by atoms with Gasteiger partial charge < -0.3 is 5.32 Å². The molecule has 0 saturated heterocycles. The smallest absolute Gasteiger partial charge is 0.00463 e. The average Bonchev–Trinajstić information content (AvgIpc) is 2.07. The molecule has 0 bridgehead atoms. The fourth-order valence-corrected chi connectivity index (χ4v) is 1.91. The highest BCUT2D eigenvalue weighted by Crippen LogP contribution is 2.25. The van der Waals surface area contributed by atoms with Gasteiger partial charge in [0.05, 0.1) is 0 Å². The molecule has 0 aromatic heterocycles. The van der Waals surface area contributed by atoms with E-state index in [-0.39, 0.29) is 0 Å². The van der Waals surface area contributed by atoms with E-state index in [0.29, 0.717) is 0 Å². The second kappa shape index (κ2) is 5.59. The third-order valence-corrected chi connectivity index (χ3v) is 2.63. The van der Waals surface area contributed by atoms with Crippen LogP contribution in [0.5, 0.6) is 0 Å². The Hall–Kier alpha value is -0.0400. The molecule has 0 atom stereocenters. The fourth-order valence-electron chi connectivity index (χ4n) is 1.91. The summed E-state index contributed by atoms with van der Waals surface area (Å²) >= 11 is 0. The summed E-state index contributed by atoms with van der Waals surface area (Å²) in [5.41, 5.74) is 0. The van der Waals surface area contributed by atoms with Crippen molar-refractivity contribution in [1.82, 2.24) is 5.32 Å². The summed E-state index contributed by atoms with van der Waals surface area (Å²) in [7, 11) is 0. The summed E-state index contributed by atoms with van der Waals surface area (Å²) in [5.74, 6) is 1.02. The molecule has 1 aliphatic carbocycles. The lowest BCUT2D eigenvalue weighted by molar-refractivity contribution is 0.335. The first-order chi connectivity index (χ1) is 5.43. The molecule has 1 fully saturated rings. The van der Waals surface area contributed by atoms with E-state index in [1.807, 2.05) is 0 Å². The summed E-state index contributed by atoms with van der Waals surface area (Å²) in [6, 6.07) is 0. The van der Waals surface area contributed by atoms with Crippen LogP contribution in [0, 0.1) is 12.8 Å². The van der Waals surface area contributed by atoms with E-state index in [1.165, 1.54) is 45.1 Å². The predicted octanol–water partition coefficient (Wildman–Crippen LogP) is 2.38. The Labute approximate surface area is 70.6 Å². The standard InChI is InChI=1S/C10H20N/c1-2-11-9-8-10-6-4-3-5-7-10/h10-11H,1-9H2. The Morgan fingerprint density at radius 2 is 1.91 bits per heavy atom. The van der Waals surface area contributed by atoms with Crippen LogP contribution >= 0.6 is 0 Å². The van der Waals surface area contributed by atoms with Crippen LogP contribution in [0.25, 0.3) is 0 Å². The molecule has 1 radical (unpaired) electrons. The molecule has 11 heavy (non-hydrogen) atoms. The average molecular weight is 154 g/mol. The van der Waals surface area contributed by atoms with Gasteiger partial charge >= 0.3 is 0 Å². The molecular formula is C10H20N. The Morgan fingerprint density at radius 3 is 2.55 bits per heavy atom. The lowest BCUT2D eigenvalue weighted by Crippen LogP contribution is -2.18. The number of nitrogens with one attached hydrogen (secondary N) is 1. The molecule has 0 heterocycles. The Bertz CT molecular complexity index is 84.9. The van der Waals surface area contributed by atoms with Crippen LogP contribution in [0.4, 0.5) is 0 Å². The van der Waals surface area contributed by atoms with Gasteiger partial charge in [-0.1, -0.05) is 32.1 Å². The van der Waals surface area contributed by atoms with Crippen molar-refractivity contribution < 1.29 is 0 Å². The predicted molar refractivity (Wildman–Crippen MR) is 49.4 cm³/mol. The topological polar surface area (TPSA) is 12.0 Å². The first-order valence-electron chi connectivity index (χ1n) is 4.93. The Morgan fingerprint density at radius 1 is 1.18 bits per heavy atom. The van der Waals surface area contributed by atoms with Gasteiger partial charge in [0.25, 0.3) is 0 Å². The molecule has 1 nitrogen and oxygen atoms in total. The molecule has 1 heteroatoms. The van der Waals surface area contributed by atoms with E-state index >= 15 is 0 Å². The zero-order valence-corrected chi connectivity index (χ0v) is 7.44. The first kappa shape index (κ1) is 9.05.